The number of carbonyl (C=O) groups is 4. The molecule has 8 rings (SSSR count). The van der Waals surface area contributed by atoms with Gasteiger partial charge < -0.3 is 9.84 Å². The summed E-state index contributed by atoms with van der Waals surface area (Å²) in [4.78, 5) is 59.6. The molecule has 2 heterocycles. The number of phenolic OH excluding ortho intramolecular Hbond substituents is 1. The molecule has 4 amide bonds. The minimum absolute atomic E-state index is 0.0738. The number of amides is 4. The van der Waals surface area contributed by atoms with E-state index in [9.17, 15) is 19.5 Å². The van der Waals surface area contributed by atoms with Crippen LogP contribution in [-0.4, -0.2) is 40.9 Å². The molecule has 2 aliphatic carbocycles. The number of aromatic hydroxyl groups is 1. The van der Waals surface area contributed by atoms with E-state index < -0.39 is 46.8 Å². The highest BCUT2D eigenvalue weighted by Crippen LogP contribution is 2.65. The third-order valence-corrected chi connectivity index (χ3v) is 11.3. The fraction of sp³-hybridized carbons (Fsp3) is 0.250. The number of aryl methyl sites for hydroxylation is 1. The predicted molar refractivity (Wildman–Crippen MR) is 187 cm³/mol. The Morgan fingerprint density at radius 2 is 1.58 bits per heavy atom. The Morgan fingerprint density at radius 1 is 0.860 bits per heavy atom. The number of benzene rings is 4. The summed E-state index contributed by atoms with van der Waals surface area (Å²) in [6.45, 7) is 1.95. The van der Waals surface area contributed by atoms with Crippen molar-refractivity contribution in [2.75, 3.05) is 17.4 Å². The van der Waals surface area contributed by atoms with E-state index >= 15 is 4.79 Å². The van der Waals surface area contributed by atoms with Gasteiger partial charge in [0.15, 0.2) is 0 Å². The molecule has 4 aromatic carbocycles. The van der Waals surface area contributed by atoms with Crippen molar-refractivity contribution in [2.24, 2.45) is 23.7 Å². The molecule has 6 atom stereocenters. The molecular formula is C40H34ClN3O6. The van der Waals surface area contributed by atoms with E-state index in [1.807, 2.05) is 55.5 Å². The molecule has 0 bridgehead atoms. The van der Waals surface area contributed by atoms with Crippen LogP contribution >= 0.6 is 11.6 Å². The number of fused-ring (bicyclic) bond motifs is 4. The second kappa shape index (κ2) is 11.9. The number of ether oxygens (including phenoxy) is 1. The second-order valence-corrected chi connectivity index (χ2v) is 13.9. The minimum Gasteiger partial charge on any atom is -0.508 e. The van der Waals surface area contributed by atoms with Crippen molar-refractivity contribution < 1.29 is 29.0 Å². The van der Waals surface area contributed by atoms with Crippen molar-refractivity contribution in [3.63, 3.8) is 0 Å². The number of phenols is 1. The highest BCUT2D eigenvalue weighted by atomic mass is 35.5. The van der Waals surface area contributed by atoms with Crippen LogP contribution in [-0.2, 0) is 24.6 Å². The maximum absolute atomic E-state index is 15.2. The van der Waals surface area contributed by atoms with E-state index in [4.69, 9.17) is 16.3 Å². The number of imide groups is 2. The molecule has 3 fully saturated rings. The van der Waals surface area contributed by atoms with E-state index in [0.29, 0.717) is 33.3 Å². The highest BCUT2D eigenvalue weighted by Gasteiger charge is 2.70. The molecule has 0 spiro atoms. The largest absolute Gasteiger partial charge is 0.508 e. The Morgan fingerprint density at radius 3 is 2.28 bits per heavy atom. The number of carbonyl (C=O) groups excluding carboxylic acids is 4. The number of allylic oxidation sites excluding steroid dienone is 2. The van der Waals surface area contributed by atoms with Crippen LogP contribution in [0.2, 0.25) is 5.02 Å². The smallest absolute Gasteiger partial charge is 0.260 e. The molecule has 252 valence electrons. The summed E-state index contributed by atoms with van der Waals surface area (Å²) in [5.74, 6) is -5.01. The fourth-order valence-corrected chi connectivity index (χ4v) is 8.95. The molecule has 0 unspecified atom stereocenters. The molecule has 9 nitrogen and oxygen atoms in total. The first-order chi connectivity index (χ1) is 24.1. The minimum atomic E-state index is -1.50. The van der Waals surface area contributed by atoms with Gasteiger partial charge in [-0.3, -0.25) is 29.5 Å². The highest BCUT2D eigenvalue weighted by molar-refractivity contribution is 6.31. The molecule has 4 aliphatic rings. The van der Waals surface area contributed by atoms with E-state index in [2.05, 4.69) is 5.43 Å². The van der Waals surface area contributed by atoms with Crippen LogP contribution in [0.1, 0.15) is 35.4 Å². The number of hydrogen-bond donors (Lipinski definition) is 2. The lowest BCUT2D eigenvalue weighted by Gasteiger charge is -2.50. The van der Waals surface area contributed by atoms with Gasteiger partial charge in [0, 0.05) is 16.5 Å². The lowest BCUT2D eigenvalue weighted by Crippen LogP contribution is -2.53. The first-order valence-corrected chi connectivity index (χ1v) is 17.0. The molecule has 2 saturated heterocycles. The number of rotatable bonds is 6. The summed E-state index contributed by atoms with van der Waals surface area (Å²) >= 11 is 6.13. The summed E-state index contributed by atoms with van der Waals surface area (Å²) in [6.07, 6.45) is 2.36. The van der Waals surface area contributed by atoms with Crippen molar-refractivity contribution in [2.45, 2.75) is 31.1 Å². The number of halogens is 1. The first kappa shape index (κ1) is 31.8. The topological polar surface area (TPSA) is 116 Å². The Hall–Kier alpha value is -5.41. The van der Waals surface area contributed by atoms with Crippen LogP contribution in [0.15, 0.2) is 109 Å². The zero-order valence-electron chi connectivity index (χ0n) is 27.4. The number of hydrazine groups is 1. The lowest BCUT2D eigenvalue weighted by molar-refractivity contribution is -0.138. The summed E-state index contributed by atoms with van der Waals surface area (Å²) in [7, 11) is 1.52. The third-order valence-electron chi connectivity index (χ3n) is 11.0. The first-order valence-electron chi connectivity index (χ1n) is 16.6. The summed E-state index contributed by atoms with van der Waals surface area (Å²) in [5, 5.41) is 13.2. The van der Waals surface area contributed by atoms with Gasteiger partial charge in [0.2, 0.25) is 11.8 Å². The number of nitrogens with one attached hydrogen (secondary N) is 1. The Bertz CT molecular complexity index is 2080. The Kier molecular flexibility index (Phi) is 7.56. The predicted octanol–water partition coefficient (Wildman–Crippen LogP) is 6.55. The van der Waals surface area contributed by atoms with Crippen LogP contribution in [0.4, 0.5) is 11.4 Å². The van der Waals surface area contributed by atoms with Crippen LogP contribution in [0.25, 0.3) is 0 Å². The SMILES string of the molecule is COc1ccc(O)c([C@H]2C3=CC[C@@H]4C(=O)N(c5ccc(Cl)cc5)C(=O)[C@@H]4[C@@H]3C[C@H]3C(=O)N(Nc4ccc(C)cc4)C(=O)[C@@]23c2ccccc2)c1. The second-order valence-electron chi connectivity index (χ2n) is 13.5. The lowest BCUT2D eigenvalue weighted by atomic mass is 9.49. The Balaban J connectivity index is 1.33. The zero-order chi connectivity index (χ0) is 34.9. The van der Waals surface area contributed by atoms with Crippen molar-refractivity contribution in [3.05, 3.63) is 130 Å². The van der Waals surface area contributed by atoms with Crippen molar-refractivity contribution in [1.29, 1.82) is 0 Å². The zero-order valence-corrected chi connectivity index (χ0v) is 28.1. The van der Waals surface area contributed by atoms with Gasteiger partial charge >= 0.3 is 0 Å². The standard InChI is InChI=1S/C40H34ClN3O6/c1-22-8-12-25(13-9-22)42-44-37(47)32-21-30-28(17-18-29-34(30)38(48)43(36(29)46)26-14-10-24(41)11-15-26)35(31-20-27(50-2)16-19-33(31)45)40(32,39(44)49)23-6-4-3-5-7-23/h3-17,19-20,29-30,32,34-35,42,45H,18,21H2,1-2H3/t29-,30+,32-,34-,35+,40+/m0/s1. The molecule has 50 heavy (non-hydrogen) atoms. The number of anilines is 2. The average molecular weight is 688 g/mol. The van der Waals surface area contributed by atoms with Crippen LogP contribution < -0.4 is 15.1 Å². The molecule has 1 saturated carbocycles. The van der Waals surface area contributed by atoms with Crippen molar-refractivity contribution >= 4 is 46.6 Å². The van der Waals surface area contributed by atoms with Gasteiger partial charge in [0.1, 0.15) is 11.5 Å². The Labute approximate surface area is 294 Å². The van der Waals surface area contributed by atoms with E-state index in [1.54, 1.807) is 48.5 Å². The molecule has 10 heteroatoms. The van der Waals surface area contributed by atoms with Gasteiger partial charge in [-0.15, -0.1) is 0 Å². The maximum Gasteiger partial charge on any atom is 0.260 e. The van der Waals surface area contributed by atoms with E-state index in [-0.39, 0.29) is 30.4 Å². The maximum atomic E-state index is 15.2. The van der Waals surface area contributed by atoms with Crippen LogP contribution in [0.3, 0.4) is 0 Å². The third kappa shape index (κ3) is 4.60. The van der Waals surface area contributed by atoms with Gasteiger partial charge in [-0.25, -0.2) is 0 Å². The fourth-order valence-electron chi connectivity index (χ4n) is 8.83. The van der Waals surface area contributed by atoms with Gasteiger partial charge in [-0.1, -0.05) is 71.3 Å². The summed E-state index contributed by atoms with van der Waals surface area (Å²) in [6, 6.07) is 28.0. The molecule has 0 aromatic heterocycles. The van der Waals surface area contributed by atoms with Crippen molar-refractivity contribution in [3.8, 4) is 11.5 Å². The number of methoxy groups -OCH3 is 1. The molecule has 4 aromatic rings. The summed E-state index contributed by atoms with van der Waals surface area (Å²) in [5.41, 5.74) is 5.35. The molecule has 2 N–H and O–H groups in total. The number of nitrogens with zero attached hydrogens (tertiary/aromatic N) is 2. The van der Waals surface area contributed by atoms with Gasteiger partial charge in [0.05, 0.1) is 41.7 Å². The molecule has 2 aliphatic heterocycles. The van der Waals surface area contributed by atoms with Gasteiger partial charge in [0.25, 0.3) is 11.8 Å². The molecular weight excluding hydrogens is 654 g/mol. The van der Waals surface area contributed by atoms with Gasteiger partial charge in [-0.05, 0) is 85.8 Å². The normalized spacial score (nSPS) is 27.1. The van der Waals surface area contributed by atoms with E-state index in [0.717, 1.165) is 16.1 Å². The molecule has 0 radical (unpaired) electrons. The summed E-state index contributed by atoms with van der Waals surface area (Å²) < 4.78 is 5.60. The van der Waals surface area contributed by atoms with E-state index in [1.165, 1.54) is 18.1 Å². The van der Waals surface area contributed by atoms with Crippen LogP contribution in [0, 0.1) is 30.6 Å². The van der Waals surface area contributed by atoms with Crippen molar-refractivity contribution in [1.82, 2.24) is 5.01 Å². The van der Waals surface area contributed by atoms with Gasteiger partial charge in [-0.2, -0.15) is 5.01 Å². The average Bonchev–Trinajstić information content (AvgIpc) is 3.51. The monoisotopic (exact) mass is 687 g/mol. The number of hydrogen-bond acceptors (Lipinski definition) is 7. The van der Waals surface area contributed by atoms with Crippen LogP contribution in [0.5, 0.6) is 11.5 Å². The quantitative estimate of drug-likeness (QED) is 0.174.